The molecule has 1 unspecified atom stereocenters. The summed E-state index contributed by atoms with van der Waals surface area (Å²) in [7, 11) is 1.65. The van der Waals surface area contributed by atoms with Crippen LogP contribution in [0.15, 0.2) is 28.8 Å². The highest BCUT2D eigenvalue weighted by molar-refractivity contribution is 5.78. The molecule has 1 saturated heterocycles. The summed E-state index contributed by atoms with van der Waals surface area (Å²) in [5, 5.41) is 7.08. The van der Waals surface area contributed by atoms with Gasteiger partial charge in [0.1, 0.15) is 11.5 Å². The summed E-state index contributed by atoms with van der Waals surface area (Å²) in [4.78, 5) is 26.7. The highest BCUT2D eigenvalue weighted by Gasteiger charge is 2.25. The average molecular weight is 414 g/mol. The molecule has 0 aliphatic carbocycles. The normalized spacial score (nSPS) is 17.0. The average Bonchev–Trinajstić information content (AvgIpc) is 2.95. The Balaban J connectivity index is 1.43. The third-order valence-corrected chi connectivity index (χ3v) is 5.73. The minimum absolute atomic E-state index is 0.0390. The Morgan fingerprint density at radius 1 is 1.27 bits per heavy atom. The van der Waals surface area contributed by atoms with Crippen molar-refractivity contribution in [1.82, 2.24) is 15.4 Å². The van der Waals surface area contributed by atoms with E-state index in [2.05, 4.69) is 10.5 Å². The van der Waals surface area contributed by atoms with Gasteiger partial charge < -0.3 is 19.5 Å². The second-order valence-corrected chi connectivity index (χ2v) is 7.91. The Bertz CT molecular complexity index is 840. The third kappa shape index (κ3) is 5.84. The number of amides is 2. The van der Waals surface area contributed by atoms with Crippen LogP contribution in [0.4, 0.5) is 0 Å². The van der Waals surface area contributed by atoms with Crippen LogP contribution in [-0.2, 0) is 22.6 Å². The van der Waals surface area contributed by atoms with Gasteiger partial charge in [-0.05, 0) is 57.2 Å². The van der Waals surface area contributed by atoms with E-state index in [0.717, 1.165) is 42.0 Å². The molecule has 1 aromatic heterocycles. The first kappa shape index (κ1) is 21.9. The number of benzene rings is 1. The van der Waals surface area contributed by atoms with Crippen molar-refractivity contribution >= 4 is 11.8 Å². The lowest BCUT2D eigenvalue weighted by Crippen LogP contribution is -2.35. The van der Waals surface area contributed by atoms with Crippen molar-refractivity contribution in [3.05, 3.63) is 46.8 Å². The maximum atomic E-state index is 12.5. The first-order valence-electron chi connectivity index (χ1n) is 10.6. The van der Waals surface area contributed by atoms with Crippen LogP contribution in [0, 0.1) is 13.8 Å². The number of aryl methyl sites for hydroxylation is 3. The lowest BCUT2D eigenvalue weighted by molar-refractivity contribution is -0.131. The summed E-state index contributed by atoms with van der Waals surface area (Å²) < 4.78 is 10.4. The fraction of sp³-hybridized carbons (Fsp3) is 0.522. The predicted molar refractivity (Wildman–Crippen MR) is 113 cm³/mol. The zero-order valence-electron chi connectivity index (χ0n) is 18.1. The number of hydrogen-bond acceptors (Lipinski definition) is 5. The predicted octanol–water partition coefficient (Wildman–Crippen LogP) is 3.32. The molecule has 2 amide bonds. The molecule has 1 aliphatic heterocycles. The zero-order chi connectivity index (χ0) is 21.5. The van der Waals surface area contributed by atoms with Crippen molar-refractivity contribution in [1.29, 1.82) is 0 Å². The summed E-state index contributed by atoms with van der Waals surface area (Å²) in [6, 6.07) is 7.97. The van der Waals surface area contributed by atoms with E-state index in [1.54, 1.807) is 7.11 Å². The number of carbonyl (C=O) groups excluding carboxylic acids is 2. The summed E-state index contributed by atoms with van der Waals surface area (Å²) in [5.74, 6) is 1.76. The van der Waals surface area contributed by atoms with Crippen LogP contribution in [0.2, 0.25) is 0 Å². The van der Waals surface area contributed by atoms with Gasteiger partial charge in [-0.2, -0.15) is 0 Å². The van der Waals surface area contributed by atoms with Crippen LogP contribution in [0.1, 0.15) is 54.7 Å². The number of rotatable bonds is 8. The molecule has 0 spiro atoms. The zero-order valence-corrected chi connectivity index (χ0v) is 18.1. The van der Waals surface area contributed by atoms with E-state index in [9.17, 15) is 9.59 Å². The lowest BCUT2D eigenvalue weighted by atomic mass is 10.1. The van der Waals surface area contributed by atoms with Gasteiger partial charge in [0.15, 0.2) is 0 Å². The van der Waals surface area contributed by atoms with Gasteiger partial charge in [-0.15, -0.1) is 0 Å². The Kier molecular flexibility index (Phi) is 7.49. The van der Waals surface area contributed by atoms with Gasteiger partial charge in [0, 0.05) is 31.0 Å². The Morgan fingerprint density at radius 3 is 2.70 bits per heavy atom. The van der Waals surface area contributed by atoms with E-state index < -0.39 is 0 Å². The molecule has 1 fully saturated rings. The molecule has 0 radical (unpaired) electrons. The van der Waals surface area contributed by atoms with Crippen molar-refractivity contribution in [3.63, 3.8) is 0 Å². The molecule has 1 aliphatic rings. The smallest absolute Gasteiger partial charge is 0.222 e. The number of nitrogens with zero attached hydrogens (tertiary/aromatic N) is 2. The van der Waals surface area contributed by atoms with E-state index in [1.165, 1.54) is 5.56 Å². The van der Waals surface area contributed by atoms with Crippen molar-refractivity contribution < 1.29 is 18.8 Å². The molecule has 162 valence electrons. The number of ether oxygens (including phenoxy) is 1. The number of carbonyl (C=O) groups is 2. The van der Waals surface area contributed by atoms with E-state index in [4.69, 9.17) is 9.26 Å². The number of hydrogen-bond donors (Lipinski definition) is 1. The first-order valence-corrected chi connectivity index (χ1v) is 10.6. The maximum Gasteiger partial charge on any atom is 0.222 e. The Morgan fingerprint density at radius 2 is 2.03 bits per heavy atom. The molecule has 0 saturated carbocycles. The number of likely N-dealkylation sites (tertiary alicyclic amines) is 1. The quantitative estimate of drug-likeness (QED) is 0.718. The number of nitrogens with one attached hydrogen (secondary N) is 1. The molecule has 1 atom stereocenters. The molecule has 1 aromatic carbocycles. The molecule has 2 aromatic rings. The van der Waals surface area contributed by atoms with Gasteiger partial charge in [-0.3, -0.25) is 9.59 Å². The van der Waals surface area contributed by atoms with Crippen LogP contribution in [0.5, 0.6) is 5.75 Å². The van der Waals surface area contributed by atoms with Crippen LogP contribution < -0.4 is 10.1 Å². The molecular weight excluding hydrogens is 382 g/mol. The monoisotopic (exact) mass is 413 g/mol. The first-order chi connectivity index (χ1) is 14.5. The van der Waals surface area contributed by atoms with Crippen LogP contribution in [0.25, 0.3) is 0 Å². The lowest BCUT2D eigenvalue weighted by Gasteiger charge is -2.21. The second kappa shape index (κ2) is 10.3. The standard InChI is InChI=1S/C23H31N3O4/c1-16-21(17(2)30-25-16)15-26-14-13-19(9-12-23(26)28)24-22(27)6-4-5-18-7-10-20(29-3)11-8-18/h7-8,10-11,19H,4-6,9,12-15H2,1-3H3,(H,24,27). The van der Waals surface area contributed by atoms with Crippen molar-refractivity contribution in [2.75, 3.05) is 13.7 Å². The largest absolute Gasteiger partial charge is 0.497 e. The van der Waals surface area contributed by atoms with E-state index in [-0.39, 0.29) is 17.9 Å². The molecule has 1 N–H and O–H groups in total. The minimum atomic E-state index is 0.0390. The highest BCUT2D eigenvalue weighted by Crippen LogP contribution is 2.20. The summed E-state index contributed by atoms with van der Waals surface area (Å²) in [6.45, 7) is 4.90. The topological polar surface area (TPSA) is 84.7 Å². The molecule has 7 nitrogen and oxygen atoms in total. The Hall–Kier alpha value is -2.83. The molecule has 0 bridgehead atoms. The van der Waals surface area contributed by atoms with E-state index >= 15 is 0 Å². The fourth-order valence-electron chi connectivity index (χ4n) is 3.81. The van der Waals surface area contributed by atoms with Gasteiger partial charge in [-0.25, -0.2) is 0 Å². The van der Waals surface area contributed by atoms with Gasteiger partial charge in [-0.1, -0.05) is 17.3 Å². The van der Waals surface area contributed by atoms with Gasteiger partial charge in [0.2, 0.25) is 11.8 Å². The van der Waals surface area contributed by atoms with E-state index in [1.807, 2.05) is 43.0 Å². The van der Waals surface area contributed by atoms with Crippen molar-refractivity contribution in [2.45, 2.75) is 65.0 Å². The van der Waals surface area contributed by atoms with Crippen molar-refractivity contribution in [2.24, 2.45) is 0 Å². The van der Waals surface area contributed by atoms with Gasteiger partial charge in [0.05, 0.1) is 19.3 Å². The number of methoxy groups -OCH3 is 1. The highest BCUT2D eigenvalue weighted by atomic mass is 16.5. The fourth-order valence-corrected chi connectivity index (χ4v) is 3.81. The molecule has 30 heavy (non-hydrogen) atoms. The molecule has 7 heteroatoms. The maximum absolute atomic E-state index is 12.5. The van der Waals surface area contributed by atoms with E-state index in [0.29, 0.717) is 32.4 Å². The molecule has 3 rings (SSSR count). The minimum Gasteiger partial charge on any atom is -0.497 e. The van der Waals surface area contributed by atoms with Gasteiger partial charge in [0.25, 0.3) is 0 Å². The van der Waals surface area contributed by atoms with Crippen LogP contribution in [-0.4, -0.2) is 41.6 Å². The molecule has 2 heterocycles. The van der Waals surface area contributed by atoms with Crippen LogP contribution >= 0.6 is 0 Å². The second-order valence-electron chi connectivity index (χ2n) is 7.91. The summed E-state index contributed by atoms with van der Waals surface area (Å²) in [5.41, 5.74) is 2.99. The van der Waals surface area contributed by atoms with Crippen molar-refractivity contribution in [3.8, 4) is 5.75 Å². The van der Waals surface area contributed by atoms with Crippen LogP contribution in [0.3, 0.4) is 0 Å². The number of aromatic nitrogens is 1. The Labute approximate surface area is 177 Å². The summed E-state index contributed by atoms with van der Waals surface area (Å²) >= 11 is 0. The summed E-state index contributed by atoms with van der Waals surface area (Å²) in [6.07, 6.45) is 4.02. The molecular formula is C23H31N3O4. The SMILES string of the molecule is COc1ccc(CCCC(=O)NC2CCC(=O)N(Cc3c(C)noc3C)CC2)cc1. The van der Waals surface area contributed by atoms with Gasteiger partial charge >= 0.3 is 0 Å². The third-order valence-electron chi connectivity index (χ3n) is 5.73.